The Balaban J connectivity index is 3.73. The Bertz CT molecular complexity index is 44.0. The molecular weight excluding hydrogens is 165 g/mol. The van der Waals surface area contributed by atoms with Crippen LogP contribution in [0.25, 0.3) is 0 Å². The van der Waals surface area contributed by atoms with E-state index in [0.717, 1.165) is 0 Å². The first-order valence-electron chi connectivity index (χ1n) is 1.68. The van der Waals surface area contributed by atoms with Crippen LogP contribution in [0, 0.1) is 0 Å². The van der Waals surface area contributed by atoms with Crippen molar-refractivity contribution in [3.63, 3.8) is 0 Å². The van der Waals surface area contributed by atoms with Crippen LogP contribution in [0.2, 0.25) is 17.1 Å². The first-order chi connectivity index (χ1) is 2.24. The van der Waals surface area contributed by atoms with Gasteiger partial charge in [0.2, 0.25) is 0 Å². The molecule has 0 aliphatic carbocycles. The molecule has 0 saturated heterocycles. The van der Waals surface area contributed by atoms with E-state index in [1.165, 1.54) is 17.1 Å². The van der Waals surface area contributed by atoms with Crippen molar-refractivity contribution in [3.8, 4) is 0 Å². The molecule has 0 aliphatic rings. The van der Waals surface area contributed by atoms with Gasteiger partial charge in [-0.05, 0) is 0 Å². The summed E-state index contributed by atoms with van der Waals surface area (Å²) in [5.41, 5.74) is 4.46. The van der Waals surface area contributed by atoms with Gasteiger partial charge in [0.1, 0.15) is 0 Å². The molecule has 40 valence electrons. The molecule has 0 unspecified atom stereocenters. The van der Waals surface area contributed by atoms with Crippen LogP contribution in [0.15, 0.2) is 0 Å². The average molecular weight is 174 g/mol. The van der Waals surface area contributed by atoms with Gasteiger partial charge in [-0.3, -0.25) is 0 Å². The first-order valence-corrected chi connectivity index (χ1v) is 10.5. The van der Waals surface area contributed by atoms with Gasteiger partial charge in [-0.15, -0.1) is 0 Å². The molecule has 0 nitrogen and oxygen atoms in total. The molecule has 0 amide bonds. The molecule has 3 heteroatoms. The Labute approximate surface area is 43.0 Å². The number of hydrogen-bond donors (Lipinski definition) is 0. The predicted molar refractivity (Wildman–Crippen MR) is 30.3 cm³/mol. The Morgan fingerprint density at radius 1 is 1.33 bits per heavy atom. The summed E-state index contributed by atoms with van der Waals surface area (Å²) in [5, 5.41) is 0. The molecule has 0 aromatic rings. The van der Waals surface area contributed by atoms with E-state index in [4.69, 9.17) is 9.95 Å². The molecule has 0 aromatic carbocycles. The van der Waals surface area contributed by atoms with E-state index in [9.17, 15) is 3.47 Å². The monoisotopic (exact) mass is 174 g/mol. The normalized spacial score (nSPS) is 19.2. The van der Waals surface area contributed by atoms with Crippen molar-refractivity contribution in [2.75, 3.05) is 0 Å². The Kier molecular flexibility index (Phi) is 1.28. The summed E-state index contributed by atoms with van der Waals surface area (Å²) in [4.78, 5) is 0. The fourth-order valence-corrected chi connectivity index (χ4v) is 0. The molecule has 6 heavy (non-hydrogen) atoms. The molecule has 0 rings (SSSR count). The summed E-state index contributed by atoms with van der Waals surface area (Å²) in [6, 6.07) is 0. The zero-order chi connectivity index (χ0) is 5.45. The summed E-state index contributed by atoms with van der Waals surface area (Å²) in [6.45, 7) is 0. The van der Waals surface area contributed by atoms with Gasteiger partial charge in [0, 0.05) is 0 Å². The second-order valence-corrected chi connectivity index (χ2v) is 18.5. The van der Waals surface area contributed by atoms with Gasteiger partial charge < -0.3 is 0 Å². The van der Waals surface area contributed by atoms with E-state index < -0.39 is 12.0 Å². The van der Waals surface area contributed by atoms with Crippen molar-refractivity contribution in [3.05, 3.63) is 0 Å². The number of hydrogen-bond acceptors (Lipinski definition) is 0. The van der Waals surface area contributed by atoms with E-state index >= 15 is 0 Å². The van der Waals surface area contributed by atoms with Crippen LogP contribution in [-0.4, -0.2) is 12.0 Å². The van der Waals surface area contributed by atoms with Gasteiger partial charge in [-0.1, -0.05) is 0 Å². The molecular formula is C3H9AsClF. The number of rotatable bonds is 0. The predicted octanol–water partition coefficient (Wildman–Crippen LogP) is 2.48. The van der Waals surface area contributed by atoms with E-state index in [1.54, 1.807) is 0 Å². The molecule has 0 bridgehead atoms. The van der Waals surface area contributed by atoms with E-state index in [0.29, 0.717) is 0 Å². The molecule has 0 fully saturated rings. The van der Waals surface area contributed by atoms with Gasteiger partial charge >= 0.3 is 42.5 Å². The first kappa shape index (κ1) is 6.78. The van der Waals surface area contributed by atoms with Gasteiger partial charge in [-0.25, -0.2) is 0 Å². The zero-order valence-electron chi connectivity index (χ0n) is 4.20. The topological polar surface area (TPSA) is 0 Å². The van der Waals surface area contributed by atoms with Crippen LogP contribution in [0.4, 0.5) is 3.47 Å². The molecule has 0 saturated carbocycles. The van der Waals surface area contributed by atoms with Gasteiger partial charge in [0.05, 0.1) is 0 Å². The molecule has 0 aromatic heterocycles. The summed E-state index contributed by atoms with van der Waals surface area (Å²) in [7, 11) is 5.30. The van der Waals surface area contributed by atoms with Crippen molar-refractivity contribution in [1.29, 1.82) is 0 Å². The van der Waals surface area contributed by atoms with Crippen molar-refractivity contribution in [2.24, 2.45) is 0 Å². The SMILES string of the molecule is C[As](C)(C)(F)Cl. The maximum absolute atomic E-state index is 12.3. The molecule has 0 heterocycles. The minimum absolute atomic E-state index is 1.49. The van der Waals surface area contributed by atoms with Gasteiger partial charge in [-0.2, -0.15) is 0 Å². The number of halogens is 2. The van der Waals surface area contributed by atoms with E-state index in [2.05, 4.69) is 0 Å². The van der Waals surface area contributed by atoms with Crippen LogP contribution in [-0.2, 0) is 0 Å². The summed E-state index contributed by atoms with van der Waals surface area (Å²) < 4.78 is 12.3. The molecule has 0 N–H and O–H groups in total. The van der Waals surface area contributed by atoms with Crippen molar-refractivity contribution >= 4 is 21.9 Å². The fourth-order valence-electron chi connectivity index (χ4n) is 0. The minimum atomic E-state index is -3.52. The molecule has 0 aliphatic heterocycles. The van der Waals surface area contributed by atoms with Crippen LogP contribution in [0.1, 0.15) is 0 Å². The Morgan fingerprint density at radius 2 is 1.33 bits per heavy atom. The third kappa shape index (κ3) is 113. The van der Waals surface area contributed by atoms with Gasteiger partial charge in [0.15, 0.2) is 0 Å². The van der Waals surface area contributed by atoms with E-state index in [-0.39, 0.29) is 0 Å². The van der Waals surface area contributed by atoms with Crippen molar-refractivity contribution < 1.29 is 3.47 Å². The van der Waals surface area contributed by atoms with Crippen LogP contribution < -0.4 is 0 Å². The summed E-state index contributed by atoms with van der Waals surface area (Å²) in [5.74, 6) is 0. The molecule has 0 spiro atoms. The summed E-state index contributed by atoms with van der Waals surface area (Å²) in [6.07, 6.45) is 0. The summed E-state index contributed by atoms with van der Waals surface area (Å²) >= 11 is -3.52. The molecule has 0 radical (unpaired) electrons. The Hall–Kier alpha value is 0.778. The van der Waals surface area contributed by atoms with Crippen LogP contribution in [0.5, 0.6) is 0 Å². The van der Waals surface area contributed by atoms with Crippen molar-refractivity contribution in [2.45, 2.75) is 17.1 Å². The second kappa shape index (κ2) is 1.14. The van der Waals surface area contributed by atoms with Gasteiger partial charge in [0.25, 0.3) is 0 Å². The van der Waals surface area contributed by atoms with Crippen LogP contribution >= 0.6 is 9.95 Å². The molecule has 0 atom stereocenters. The van der Waals surface area contributed by atoms with E-state index in [1.807, 2.05) is 0 Å². The third-order valence-corrected chi connectivity index (χ3v) is 0. The third-order valence-electron chi connectivity index (χ3n) is 0. The standard InChI is InChI=1S/C3H9AsClF/c1-4(2,3,5)6/h1-3H3. The zero-order valence-corrected chi connectivity index (χ0v) is 6.84. The Morgan fingerprint density at radius 3 is 1.33 bits per heavy atom. The van der Waals surface area contributed by atoms with Crippen molar-refractivity contribution in [1.82, 2.24) is 0 Å². The maximum atomic E-state index is 12.3. The average Bonchev–Trinajstić information content (AvgIpc) is 0.650. The quantitative estimate of drug-likeness (QED) is 0.495. The second-order valence-electron chi connectivity index (χ2n) is 2.42. The fraction of sp³-hybridized carbons (Fsp3) is 1.00. The van der Waals surface area contributed by atoms with Crippen LogP contribution in [0.3, 0.4) is 0 Å².